The zero-order valence-electron chi connectivity index (χ0n) is 17.0. The van der Waals surface area contributed by atoms with Crippen LogP contribution in [-0.4, -0.2) is 26.2 Å². The lowest BCUT2D eigenvalue weighted by Crippen LogP contribution is -2.90. The molecule has 3 rings (SSSR count). The Labute approximate surface area is 171 Å². The molecule has 0 aromatic heterocycles. The minimum Gasteiger partial charge on any atom is -0.493 e. The number of nitrogens with one attached hydrogen (secondary N) is 1. The lowest BCUT2D eigenvalue weighted by Gasteiger charge is -2.15. The van der Waals surface area contributed by atoms with Crippen molar-refractivity contribution in [1.82, 2.24) is 0 Å². The summed E-state index contributed by atoms with van der Waals surface area (Å²) < 4.78 is 10.6. The third-order valence-electron chi connectivity index (χ3n) is 4.84. The zero-order chi connectivity index (χ0) is 20.6. The van der Waals surface area contributed by atoms with Crippen molar-refractivity contribution in [2.75, 3.05) is 19.5 Å². The van der Waals surface area contributed by atoms with Crippen LogP contribution in [0, 0.1) is 0 Å². The Hall–Kier alpha value is -3.31. The molecule has 0 saturated heterocycles. The maximum absolute atomic E-state index is 12.8. The first-order chi connectivity index (χ1) is 14.1. The number of amides is 1. The summed E-state index contributed by atoms with van der Waals surface area (Å²) in [5.74, 6) is 1.35. The van der Waals surface area contributed by atoms with Crippen LogP contribution < -0.4 is 20.1 Å². The van der Waals surface area contributed by atoms with Crippen molar-refractivity contribution in [3.05, 3.63) is 78.4 Å². The van der Waals surface area contributed by atoms with Gasteiger partial charge < -0.3 is 20.1 Å². The number of quaternary nitrogens is 1. The van der Waals surface area contributed by atoms with Gasteiger partial charge in [0.2, 0.25) is 0 Å². The molecule has 1 atom stereocenters. The number of rotatable bonds is 8. The van der Waals surface area contributed by atoms with E-state index in [1.807, 2.05) is 85.0 Å². The van der Waals surface area contributed by atoms with E-state index >= 15 is 0 Å². The molecule has 0 heterocycles. The predicted molar refractivity (Wildman–Crippen MR) is 115 cm³/mol. The molecule has 0 radical (unpaired) electrons. The van der Waals surface area contributed by atoms with Crippen molar-refractivity contribution < 1.29 is 19.6 Å². The van der Waals surface area contributed by atoms with Crippen LogP contribution in [0.4, 0.5) is 5.69 Å². The summed E-state index contributed by atoms with van der Waals surface area (Å²) in [5, 5.41) is 5.07. The zero-order valence-corrected chi connectivity index (χ0v) is 17.0. The van der Waals surface area contributed by atoms with Gasteiger partial charge in [-0.3, -0.25) is 4.79 Å². The number of methoxy groups -OCH3 is 2. The number of ether oxygens (including phenoxy) is 2. The van der Waals surface area contributed by atoms with Gasteiger partial charge in [-0.05, 0) is 36.8 Å². The average molecular weight is 391 g/mol. The molecule has 3 N–H and O–H groups in total. The van der Waals surface area contributed by atoms with Gasteiger partial charge in [-0.1, -0.05) is 48.5 Å². The van der Waals surface area contributed by atoms with Crippen LogP contribution in [0.2, 0.25) is 0 Å². The molecule has 150 valence electrons. The van der Waals surface area contributed by atoms with Gasteiger partial charge in [0.1, 0.15) is 6.54 Å². The molecule has 1 amide bonds. The molecule has 5 heteroatoms. The van der Waals surface area contributed by atoms with Crippen LogP contribution in [0.1, 0.15) is 12.5 Å². The minimum absolute atomic E-state index is 0.0335. The van der Waals surface area contributed by atoms with Crippen molar-refractivity contribution >= 4 is 11.6 Å². The largest absolute Gasteiger partial charge is 0.493 e. The van der Waals surface area contributed by atoms with E-state index < -0.39 is 0 Å². The second-order valence-electron chi connectivity index (χ2n) is 6.82. The van der Waals surface area contributed by atoms with Crippen LogP contribution in [0.5, 0.6) is 11.5 Å². The fourth-order valence-electron chi connectivity index (χ4n) is 3.14. The summed E-state index contributed by atoms with van der Waals surface area (Å²) in [6, 6.07) is 23.5. The Bertz CT molecular complexity index is 957. The number of hydrogen-bond acceptors (Lipinski definition) is 3. The van der Waals surface area contributed by atoms with Crippen molar-refractivity contribution in [2.45, 2.75) is 19.5 Å². The molecule has 29 heavy (non-hydrogen) atoms. The summed E-state index contributed by atoms with van der Waals surface area (Å²) in [7, 11) is 3.23. The quantitative estimate of drug-likeness (QED) is 0.618. The van der Waals surface area contributed by atoms with Gasteiger partial charge in [-0.15, -0.1) is 0 Å². The Morgan fingerprint density at radius 3 is 2.34 bits per heavy atom. The number of benzene rings is 3. The van der Waals surface area contributed by atoms with E-state index in [1.165, 1.54) is 0 Å². The smallest absolute Gasteiger partial charge is 0.282 e. The highest BCUT2D eigenvalue weighted by molar-refractivity contribution is 5.97. The molecule has 0 bridgehead atoms. The van der Waals surface area contributed by atoms with E-state index in [1.54, 1.807) is 14.2 Å². The molecule has 0 aliphatic heterocycles. The second-order valence-corrected chi connectivity index (χ2v) is 6.82. The summed E-state index contributed by atoms with van der Waals surface area (Å²) in [6.45, 7) is 2.57. The fraction of sp³-hybridized carbons (Fsp3) is 0.208. The number of carbonyl (C=O) groups excluding carboxylic acids is 1. The molecule has 3 aromatic carbocycles. The fourth-order valence-corrected chi connectivity index (χ4v) is 3.14. The van der Waals surface area contributed by atoms with Crippen molar-refractivity contribution in [2.24, 2.45) is 0 Å². The predicted octanol–water partition coefficient (Wildman–Crippen LogP) is 3.46. The van der Waals surface area contributed by atoms with Gasteiger partial charge in [-0.2, -0.15) is 0 Å². The van der Waals surface area contributed by atoms with Gasteiger partial charge in [0.25, 0.3) is 5.91 Å². The van der Waals surface area contributed by atoms with Crippen LogP contribution in [0.15, 0.2) is 72.8 Å². The SMILES string of the molecule is COc1ccc(C[NH2+][C@@H](C)C(=O)Nc2ccccc2-c2ccccc2)cc1OC. The maximum atomic E-state index is 12.8. The molecule has 0 spiro atoms. The molecule has 0 aliphatic rings. The Morgan fingerprint density at radius 1 is 0.931 bits per heavy atom. The third-order valence-corrected chi connectivity index (χ3v) is 4.84. The molecule has 0 saturated carbocycles. The van der Waals surface area contributed by atoms with Crippen LogP contribution in [0.25, 0.3) is 11.1 Å². The molecule has 5 nitrogen and oxygen atoms in total. The standard InChI is InChI=1S/C24H26N2O3/c1-17(25-16-18-13-14-22(28-2)23(15-18)29-3)24(27)26-21-12-8-7-11-20(21)19-9-5-4-6-10-19/h4-15,17,25H,16H2,1-3H3,(H,26,27)/p+1/t17-/m0/s1. The topological polar surface area (TPSA) is 64.2 Å². The summed E-state index contributed by atoms with van der Waals surface area (Å²) in [5.41, 5.74) is 3.96. The highest BCUT2D eigenvalue weighted by Gasteiger charge is 2.18. The highest BCUT2D eigenvalue weighted by atomic mass is 16.5. The van der Waals surface area contributed by atoms with Gasteiger partial charge in [0, 0.05) is 16.8 Å². The van der Waals surface area contributed by atoms with Gasteiger partial charge in [0.15, 0.2) is 17.5 Å². The minimum atomic E-state index is -0.244. The normalized spacial score (nSPS) is 11.6. The monoisotopic (exact) mass is 391 g/mol. The number of para-hydroxylation sites is 1. The highest BCUT2D eigenvalue weighted by Crippen LogP contribution is 2.28. The van der Waals surface area contributed by atoms with Crippen molar-refractivity contribution in [3.63, 3.8) is 0 Å². The average Bonchev–Trinajstić information content (AvgIpc) is 2.78. The first kappa shape index (κ1) is 20.4. The maximum Gasteiger partial charge on any atom is 0.282 e. The van der Waals surface area contributed by atoms with E-state index in [2.05, 4.69) is 5.32 Å². The number of carbonyl (C=O) groups is 1. The lowest BCUT2D eigenvalue weighted by atomic mass is 10.0. The van der Waals surface area contributed by atoms with Gasteiger partial charge in [0.05, 0.1) is 14.2 Å². The van der Waals surface area contributed by atoms with Gasteiger partial charge >= 0.3 is 0 Å². The lowest BCUT2D eigenvalue weighted by molar-refractivity contribution is -0.688. The Kier molecular flexibility index (Phi) is 6.87. The molecular formula is C24H27N2O3+. The van der Waals surface area contributed by atoms with Crippen LogP contribution >= 0.6 is 0 Å². The molecule has 0 unspecified atom stereocenters. The molecule has 0 aliphatic carbocycles. The van der Waals surface area contributed by atoms with Crippen LogP contribution in [-0.2, 0) is 11.3 Å². The Balaban J connectivity index is 1.65. The van der Waals surface area contributed by atoms with Gasteiger partial charge in [-0.25, -0.2) is 0 Å². The first-order valence-electron chi connectivity index (χ1n) is 9.62. The number of hydrogen-bond donors (Lipinski definition) is 2. The second kappa shape index (κ2) is 9.75. The van der Waals surface area contributed by atoms with E-state index in [0.29, 0.717) is 18.0 Å². The molecular weight excluding hydrogens is 364 g/mol. The number of nitrogens with two attached hydrogens (primary N) is 1. The number of anilines is 1. The summed E-state index contributed by atoms with van der Waals surface area (Å²) >= 11 is 0. The summed E-state index contributed by atoms with van der Waals surface area (Å²) in [4.78, 5) is 12.8. The van der Waals surface area contributed by atoms with Crippen molar-refractivity contribution in [3.8, 4) is 22.6 Å². The molecule has 3 aromatic rings. The van der Waals surface area contributed by atoms with E-state index in [4.69, 9.17) is 9.47 Å². The third kappa shape index (κ3) is 5.15. The molecule has 0 fully saturated rings. The first-order valence-corrected chi connectivity index (χ1v) is 9.62. The summed E-state index contributed by atoms with van der Waals surface area (Å²) in [6.07, 6.45) is 0. The van der Waals surface area contributed by atoms with E-state index in [0.717, 1.165) is 22.4 Å². The van der Waals surface area contributed by atoms with Crippen LogP contribution in [0.3, 0.4) is 0 Å². The van der Waals surface area contributed by atoms with E-state index in [9.17, 15) is 4.79 Å². The van der Waals surface area contributed by atoms with E-state index in [-0.39, 0.29) is 11.9 Å². The Morgan fingerprint density at radius 2 is 1.62 bits per heavy atom. The van der Waals surface area contributed by atoms with Crippen molar-refractivity contribution in [1.29, 1.82) is 0 Å².